The third-order valence-corrected chi connectivity index (χ3v) is 4.04. The quantitative estimate of drug-likeness (QED) is 0.535. The lowest BCUT2D eigenvalue weighted by molar-refractivity contribution is -0.122. The highest BCUT2D eigenvalue weighted by Gasteiger charge is 2.36. The van der Waals surface area contributed by atoms with Gasteiger partial charge in [0, 0.05) is 30.5 Å². The van der Waals surface area contributed by atoms with Gasteiger partial charge in [-0.2, -0.15) is 5.10 Å². The minimum absolute atomic E-state index is 0.139. The normalized spacial score (nSPS) is 18.2. The molecule has 1 heterocycles. The Hall–Kier alpha value is -2.95. The molecule has 3 rings (SSSR count). The van der Waals surface area contributed by atoms with Gasteiger partial charge in [-0.1, -0.05) is 49.4 Å². The van der Waals surface area contributed by atoms with Gasteiger partial charge in [0.25, 0.3) is 0 Å². The Labute approximate surface area is 141 Å². The maximum atomic E-state index is 12.1. The van der Waals surface area contributed by atoms with Crippen molar-refractivity contribution in [2.24, 2.45) is 11.0 Å². The monoisotopic (exact) mass is 321 g/mol. The van der Waals surface area contributed by atoms with Crippen molar-refractivity contribution >= 4 is 23.2 Å². The molecule has 0 bridgehead atoms. The second kappa shape index (κ2) is 6.66. The molecule has 1 aliphatic rings. The molecule has 2 amide bonds. The molecule has 0 radical (unpaired) electrons. The maximum Gasteiger partial charge on any atom is 0.237 e. The minimum atomic E-state index is -0.247. The number of amides is 2. The summed E-state index contributed by atoms with van der Waals surface area (Å²) in [6.07, 6.45) is 0.275. The molecule has 0 saturated carbocycles. The molecule has 1 unspecified atom stereocenters. The Morgan fingerprint density at radius 3 is 2.21 bits per heavy atom. The third kappa shape index (κ3) is 2.93. The fourth-order valence-corrected chi connectivity index (χ4v) is 2.83. The number of nitrogens with zero attached hydrogens (tertiary/aromatic N) is 2. The van der Waals surface area contributed by atoms with Gasteiger partial charge < -0.3 is 5.43 Å². The van der Waals surface area contributed by atoms with E-state index < -0.39 is 0 Å². The first-order valence-electron chi connectivity index (χ1n) is 7.89. The topological polar surface area (TPSA) is 61.8 Å². The molecule has 1 N–H and O–H groups in total. The molecule has 5 heteroatoms. The summed E-state index contributed by atoms with van der Waals surface area (Å²) in [4.78, 5) is 25.4. The molecular weight excluding hydrogens is 302 g/mol. The van der Waals surface area contributed by atoms with Crippen LogP contribution in [-0.2, 0) is 9.59 Å². The fraction of sp³-hybridized carbons (Fsp3) is 0.211. The number of hydrazone groups is 1. The number of hydrogen-bond donors (Lipinski definition) is 1. The van der Waals surface area contributed by atoms with E-state index in [0.29, 0.717) is 5.69 Å². The average Bonchev–Trinajstić information content (AvgIpc) is 2.86. The van der Waals surface area contributed by atoms with Gasteiger partial charge in [-0.25, -0.2) is 0 Å². The zero-order valence-electron chi connectivity index (χ0n) is 13.7. The summed E-state index contributed by atoms with van der Waals surface area (Å²) in [6.45, 7) is 1.78. The van der Waals surface area contributed by atoms with E-state index in [1.54, 1.807) is 26.1 Å². The average molecular weight is 321 g/mol. The molecule has 122 valence electrons. The molecule has 1 fully saturated rings. The zero-order valence-corrected chi connectivity index (χ0v) is 13.7. The first kappa shape index (κ1) is 15.9. The van der Waals surface area contributed by atoms with E-state index in [9.17, 15) is 9.59 Å². The van der Waals surface area contributed by atoms with E-state index >= 15 is 0 Å². The molecule has 2 aromatic carbocycles. The Bertz CT molecular complexity index is 782. The van der Waals surface area contributed by atoms with E-state index in [2.05, 4.69) is 10.5 Å². The molecule has 5 nitrogen and oxygen atoms in total. The van der Waals surface area contributed by atoms with Crippen LogP contribution in [0.25, 0.3) is 0 Å². The molecule has 1 atom stereocenters. The number of nitrogens with one attached hydrogen (secondary N) is 1. The van der Waals surface area contributed by atoms with Crippen LogP contribution in [0.4, 0.5) is 5.69 Å². The van der Waals surface area contributed by atoms with Crippen molar-refractivity contribution in [1.82, 2.24) is 5.43 Å². The summed E-state index contributed by atoms with van der Waals surface area (Å²) in [5.74, 6) is -0.532. The highest BCUT2D eigenvalue weighted by atomic mass is 16.2. The highest BCUT2D eigenvalue weighted by molar-refractivity contribution is 6.21. The van der Waals surface area contributed by atoms with Crippen LogP contribution >= 0.6 is 0 Å². The Morgan fingerprint density at radius 1 is 1.04 bits per heavy atom. The molecule has 24 heavy (non-hydrogen) atoms. The summed E-state index contributed by atoms with van der Waals surface area (Å²) in [5.41, 5.74) is 6.13. The van der Waals surface area contributed by atoms with Crippen LogP contribution in [0.5, 0.6) is 0 Å². The van der Waals surface area contributed by atoms with Crippen molar-refractivity contribution in [2.75, 3.05) is 11.9 Å². The van der Waals surface area contributed by atoms with Gasteiger partial charge in [0.15, 0.2) is 0 Å². The Morgan fingerprint density at radius 2 is 1.67 bits per heavy atom. The van der Waals surface area contributed by atoms with Crippen molar-refractivity contribution in [3.63, 3.8) is 0 Å². The number of imide groups is 1. The van der Waals surface area contributed by atoms with E-state index in [4.69, 9.17) is 0 Å². The summed E-state index contributed by atoms with van der Waals surface area (Å²) in [6, 6.07) is 17.2. The SMILES string of the molecule is CN/N=C(\c1ccccc1)c1ccc(N2C(=O)CC(C)C2=O)cc1. The molecule has 0 aromatic heterocycles. The maximum absolute atomic E-state index is 12.1. The second-order valence-corrected chi connectivity index (χ2v) is 5.77. The predicted molar refractivity (Wildman–Crippen MR) is 93.9 cm³/mol. The number of carbonyl (C=O) groups excluding carboxylic acids is 2. The van der Waals surface area contributed by atoms with E-state index in [1.807, 2.05) is 42.5 Å². The number of hydrogen-bond acceptors (Lipinski definition) is 4. The summed E-state index contributed by atoms with van der Waals surface area (Å²) >= 11 is 0. The van der Waals surface area contributed by atoms with Gasteiger partial charge in [-0.15, -0.1) is 0 Å². The molecule has 0 aliphatic carbocycles. The van der Waals surface area contributed by atoms with Gasteiger partial charge in [-0.3, -0.25) is 14.5 Å². The summed E-state index contributed by atoms with van der Waals surface area (Å²) in [7, 11) is 1.75. The van der Waals surface area contributed by atoms with Crippen LogP contribution in [0, 0.1) is 5.92 Å². The fourth-order valence-electron chi connectivity index (χ4n) is 2.83. The van der Waals surface area contributed by atoms with Crippen molar-refractivity contribution in [3.8, 4) is 0 Å². The molecule has 1 saturated heterocycles. The number of carbonyl (C=O) groups is 2. The number of benzene rings is 2. The first-order chi connectivity index (χ1) is 11.6. The Kier molecular flexibility index (Phi) is 4.42. The number of anilines is 1. The smallest absolute Gasteiger partial charge is 0.237 e. The third-order valence-electron chi connectivity index (χ3n) is 4.04. The first-order valence-corrected chi connectivity index (χ1v) is 7.89. The van der Waals surface area contributed by atoms with Crippen molar-refractivity contribution in [1.29, 1.82) is 0 Å². The van der Waals surface area contributed by atoms with Crippen LogP contribution in [0.1, 0.15) is 24.5 Å². The van der Waals surface area contributed by atoms with E-state index in [1.165, 1.54) is 4.90 Å². The van der Waals surface area contributed by atoms with Crippen LogP contribution in [-0.4, -0.2) is 24.6 Å². The van der Waals surface area contributed by atoms with Crippen LogP contribution in [0.3, 0.4) is 0 Å². The highest BCUT2D eigenvalue weighted by Crippen LogP contribution is 2.26. The molecule has 1 aliphatic heterocycles. The number of rotatable bonds is 4. The minimum Gasteiger partial charge on any atom is -0.313 e. The molecular formula is C19H19N3O2. The van der Waals surface area contributed by atoms with Gasteiger partial charge in [0.2, 0.25) is 11.8 Å². The zero-order chi connectivity index (χ0) is 17.1. The largest absolute Gasteiger partial charge is 0.313 e. The van der Waals surface area contributed by atoms with Crippen molar-refractivity contribution in [2.45, 2.75) is 13.3 Å². The van der Waals surface area contributed by atoms with E-state index in [-0.39, 0.29) is 24.2 Å². The van der Waals surface area contributed by atoms with Crippen molar-refractivity contribution in [3.05, 3.63) is 65.7 Å². The standard InChI is InChI=1S/C19H19N3O2/c1-13-12-17(23)22(19(13)24)16-10-8-15(9-11-16)18(21-20-2)14-6-4-3-5-7-14/h3-11,13,20H,12H2,1-2H3/b21-18+. The lowest BCUT2D eigenvalue weighted by Crippen LogP contribution is -2.29. The van der Waals surface area contributed by atoms with E-state index in [0.717, 1.165) is 16.8 Å². The molecule has 2 aromatic rings. The summed E-state index contributed by atoms with van der Waals surface area (Å²) in [5, 5.41) is 4.35. The van der Waals surface area contributed by atoms with Crippen LogP contribution in [0.15, 0.2) is 59.7 Å². The molecule has 0 spiro atoms. The van der Waals surface area contributed by atoms with Crippen LogP contribution < -0.4 is 10.3 Å². The van der Waals surface area contributed by atoms with Crippen molar-refractivity contribution < 1.29 is 9.59 Å². The predicted octanol–water partition coefficient (Wildman–Crippen LogP) is 2.56. The van der Waals surface area contributed by atoms with Gasteiger partial charge in [0.1, 0.15) is 0 Å². The Balaban J connectivity index is 1.93. The second-order valence-electron chi connectivity index (χ2n) is 5.77. The van der Waals surface area contributed by atoms with Gasteiger partial charge in [0.05, 0.1) is 11.4 Å². The summed E-state index contributed by atoms with van der Waals surface area (Å²) < 4.78 is 0. The lowest BCUT2D eigenvalue weighted by Gasteiger charge is -2.15. The van der Waals surface area contributed by atoms with Gasteiger partial charge in [-0.05, 0) is 12.1 Å². The van der Waals surface area contributed by atoms with Crippen LogP contribution in [0.2, 0.25) is 0 Å². The van der Waals surface area contributed by atoms with Gasteiger partial charge >= 0.3 is 0 Å². The lowest BCUT2D eigenvalue weighted by atomic mass is 10.0.